The fourth-order valence-electron chi connectivity index (χ4n) is 3.86. The van der Waals surface area contributed by atoms with Crippen LogP contribution in [0.15, 0.2) is 41.7 Å². The Kier molecular flexibility index (Phi) is 2.87. The normalized spacial score (nSPS) is 21.2. The summed E-state index contributed by atoms with van der Waals surface area (Å²) in [6.45, 7) is 2.29. The number of nitrogens with zero attached hydrogens (tertiary/aromatic N) is 8. The van der Waals surface area contributed by atoms with E-state index in [2.05, 4.69) is 28.3 Å². The summed E-state index contributed by atoms with van der Waals surface area (Å²) in [7, 11) is 0. The minimum absolute atomic E-state index is 0.185. The number of para-hydroxylation sites is 1. The van der Waals surface area contributed by atoms with Gasteiger partial charge in [-0.3, -0.25) is 4.57 Å². The van der Waals surface area contributed by atoms with Gasteiger partial charge in [-0.05, 0) is 47.6 Å². The van der Waals surface area contributed by atoms with E-state index in [9.17, 15) is 0 Å². The van der Waals surface area contributed by atoms with Gasteiger partial charge in [0.05, 0.1) is 23.8 Å². The van der Waals surface area contributed by atoms with Gasteiger partial charge in [-0.15, -0.1) is 9.89 Å². The van der Waals surface area contributed by atoms with Crippen LogP contribution in [0, 0.1) is 5.41 Å². The van der Waals surface area contributed by atoms with Gasteiger partial charge in [0, 0.05) is 5.56 Å². The topological polar surface area (TPSA) is 67.4 Å². The van der Waals surface area contributed by atoms with E-state index in [1.807, 2.05) is 39.1 Å². The zero-order chi connectivity index (χ0) is 18.2. The molecule has 1 aliphatic carbocycles. The number of halogens is 1. The molecule has 4 heterocycles. The van der Waals surface area contributed by atoms with Crippen LogP contribution in [-0.2, 0) is 6.42 Å². The number of anilines is 1. The molecule has 136 valence electrons. The molecule has 1 aromatic carbocycles. The number of hydrazine groups is 1. The highest BCUT2D eigenvalue weighted by atomic mass is 35.5. The van der Waals surface area contributed by atoms with Crippen LogP contribution in [0.1, 0.15) is 37.2 Å². The van der Waals surface area contributed by atoms with Crippen LogP contribution in [0.2, 0.25) is 5.28 Å². The third-order valence-corrected chi connectivity index (χ3v) is 5.87. The molecule has 0 radical (unpaired) electrons. The predicted molar refractivity (Wildman–Crippen MR) is 102 cm³/mol. The summed E-state index contributed by atoms with van der Waals surface area (Å²) in [5.41, 5.74) is 3.44. The first kappa shape index (κ1) is 15.2. The number of fused-ring (bicyclic) bond motifs is 6. The van der Waals surface area contributed by atoms with Gasteiger partial charge < -0.3 is 0 Å². The average Bonchev–Trinajstić information content (AvgIpc) is 3.07. The summed E-state index contributed by atoms with van der Waals surface area (Å²) in [6, 6.07) is 8.10. The van der Waals surface area contributed by atoms with Crippen molar-refractivity contribution in [1.82, 2.24) is 24.7 Å². The number of aromatic nitrogens is 5. The summed E-state index contributed by atoms with van der Waals surface area (Å²) < 4.78 is 1.93. The fraction of sp³-hybridized carbons (Fsp3) is 0.333. The van der Waals surface area contributed by atoms with Crippen molar-refractivity contribution in [2.45, 2.75) is 32.4 Å². The van der Waals surface area contributed by atoms with E-state index in [-0.39, 0.29) is 6.17 Å². The molecule has 1 fully saturated rings. The van der Waals surface area contributed by atoms with Crippen molar-refractivity contribution >= 4 is 23.8 Å². The summed E-state index contributed by atoms with van der Waals surface area (Å²) >= 11 is 6.38. The van der Waals surface area contributed by atoms with Crippen LogP contribution in [-0.4, -0.2) is 31.0 Å². The van der Waals surface area contributed by atoms with Gasteiger partial charge in [-0.2, -0.15) is 5.12 Å². The largest absolute Gasteiger partial charge is 0.268 e. The van der Waals surface area contributed by atoms with Gasteiger partial charge in [0.15, 0.2) is 12.0 Å². The molecule has 0 amide bonds. The molecule has 0 bridgehead atoms. The number of benzene rings is 1. The maximum Gasteiger partial charge on any atom is 0.209 e. The number of hydrogen-bond acceptors (Lipinski definition) is 6. The van der Waals surface area contributed by atoms with Crippen LogP contribution >= 0.6 is 11.6 Å². The molecule has 2 aliphatic heterocycles. The third-order valence-electron chi connectivity index (χ3n) is 5.60. The first-order chi connectivity index (χ1) is 13.1. The van der Waals surface area contributed by atoms with Crippen molar-refractivity contribution in [3.63, 3.8) is 0 Å². The van der Waals surface area contributed by atoms with Gasteiger partial charge in [0.25, 0.3) is 0 Å². The number of hydrogen-bond donors (Lipinski definition) is 0. The summed E-state index contributed by atoms with van der Waals surface area (Å²) in [5, 5.41) is 13.0. The second kappa shape index (κ2) is 5.10. The highest BCUT2D eigenvalue weighted by Crippen LogP contribution is 2.47. The third kappa shape index (κ3) is 2.16. The molecule has 2 aromatic heterocycles. The molecule has 0 spiro atoms. The molecule has 3 aliphatic rings. The Morgan fingerprint density at radius 2 is 2.11 bits per heavy atom. The van der Waals surface area contributed by atoms with E-state index in [0.717, 1.165) is 29.2 Å². The van der Waals surface area contributed by atoms with Crippen molar-refractivity contribution in [3.8, 4) is 5.69 Å². The molecule has 8 nitrogen and oxygen atoms in total. The summed E-state index contributed by atoms with van der Waals surface area (Å²) in [4.78, 5) is 10.7. The second-order valence-electron chi connectivity index (χ2n) is 7.70. The van der Waals surface area contributed by atoms with E-state index in [4.69, 9.17) is 16.6 Å². The van der Waals surface area contributed by atoms with Crippen LogP contribution < -0.4 is 10.1 Å². The van der Waals surface area contributed by atoms with Gasteiger partial charge in [0.1, 0.15) is 6.34 Å². The summed E-state index contributed by atoms with van der Waals surface area (Å²) in [6.07, 6.45) is 8.79. The molecular weight excluding hydrogens is 364 g/mol. The molecule has 1 saturated carbocycles. The Morgan fingerprint density at radius 3 is 2.96 bits per heavy atom. The lowest BCUT2D eigenvalue weighted by atomic mass is 10.0. The van der Waals surface area contributed by atoms with Crippen LogP contribution in [0.5, 0.6) is 0 Å². The molecule has 3 aromatic rings. The highest BCUT2D eigenvalue weighted by Gasteiger charge is 2.41. The van der Waals surface area contributed by atoms with Crippen molar-refractivity contribution in [3.05, 3.63) is 53.2 Å². The maximum atomic E-state index is 6.38. The first-order valence-corrected chi connectivity index (χ1v) is 9.37. The molecule has 9 heteroatoms. The molecular formula is C18H17ClN8. The standard InChI is InChI=1S/C18H17ClN8/c1-18(6-7-18)8-12-10-24(23-22-12)25-11-21-16-13-4-2-3-5-14(13)26-15(27(16)25)9-20-17(26)19/h2-5,9-11,16H,6-8H2,1H3. The van der Waals surface area contributed by atoms with E-state index in [1.54, 1.807) is 17.3 Å². The minimum atomic E-state index is -0.185. The fourth-order valence-corrected chi connectivity index (χ4v) is 4.09. The van der Waals surface area contributed by atoms with Crippen molar-refractivity contribution in [2.75, 3.05) is 10.1 Å². The Morgan fingerprint density at radius 1 is 1.26 bits per heavy atom. The molecule has 0 saturated heterocycles. The van der Waals surface area contributed by atoms with Gasteiger partial charge in [-0.1, -0.05) is 25.1 Å². The zero-order valence-corrected chi connectivity index (χ0v) is 15.5. The Bertz CT molecular complexity index is 1080. The minimum Gasteiger partial charge on any atom is -0.268 e. The maximum absolute atomic E-state index is 6.38. The first-order valence-electron chi connectivity index (χ1n) is 8.99. The monoisotopic (exact) mass is 380 g/mol. The number of aliphatic imine (C=N–C) groups is 1. The predicted octanol–water partition coefficient (Wildman–Crippen LogP) is 2.87. The Hall–Kier alpha value is -2.87. The number of imidazole rings is 1. The van der Waals surface area contributed by atoms with Gasteiger partial charge >= 0.3 is 0 Å². The molecule has 0 N–H and O–H groups in total. The molecule has 1 unspecified atom stereocenters. The van der Waals surface area contributed by atoms with Crippen molar-refractivity contribution in [1.29, 1.82) is 0 Å². The lowest BCUT2D eigenvalue weighted by molar-refractivity contribution is 0.540. The van der Waals surface area contributed by atoms with E-state index < -0.39 is 0 Å². The summed E-state index contributed by atoms with van der Waals surface area (Å²) in [5.74, 6) is 0.840. The Balaban J connectivity index is 1.42. The van der Waals surface area contributed by atoms with Gasteiger partial charge in [0.2, 0.25) is 5.28 Å². The van der Waals surface area contributed by atoms with Gasteiger partial charge in [-0.25, -0.2) is 15.0 Å². The van der Waals surface area contributed by atoms with Crippen LogP contribution in [0.25, 0.3) is 5.69 Å². The lowest BCUT2D eigenvalue weighted by Crippen LogP contribution is -2.49. The molecule has 6 rings (SSSR count). The number of rotatable bonds is 3. The van der Waals surface area contributed by atoms with Crippen molar-refractivity contribution < 1.29 is 0 Å². The smallest absolute Gasteiger partial charge is 0.209 e. The van der Waals surface area contributed by atoms with E-state index >= 15 is 0 Å². The molecule has 27 heavy (non-hydrogen) atoms. The quantitative estimate of drug-likeness (QED) is 0.699. The van der Waals surface area contributed by atoms with E-state index in [1.165, 1.54) is 12.8 Å². The Labute approximate surface area is 160 Å². The van der Waals surface area contributed by atoms with E-state index in [0.29, 0.717) is 10.7 Å². The van der Waals surface area contributed by atoms with Crippen LogP contribution in [0.3, 0.4) is 0 Å². The zero-order valence-electron chi connectivity index (χ0n) is 14.7. The SMILES string of the molecule is CC1(Cc2cn(N3C=NC4c5ccccc5-n5c(cnc5Cl)N43)nn2)CC1. The van der Waals surface area contributed by atoms with Crippen LogP contribution in [0.4, 0.5) is 5.82 Å². The second-order valence-corrected chi connectivity index (χ2v) is 8.04. The van der Waals surface area contributed by atoms with Crippen molar-refractivity contribution in [2.24, 2.45) is 10.4 Å². The lowest BCUT2D eigenvalue weighted by Gasteiger charge is -2.36. The average molecular weight is 381 g/mol. The molecule has 1 atom stereocenters. The highest BCUT2D eigenvalue weighted by molar-refractivity contribution is 6.29.